The van der Waals surface area contributed by atoms with Crippen molar-refractivity contribution in [3.8, 4) is 5.88 Å². The Hall–Kier alpha value is -2.41. The summed E-state index contributed by atoms with van der Waals surface area (Å²) in [6.45, 7) is 0. The van der Waals surface area contributed by atoms with Gasteiger partial charge in [0.2, 0.25) is 5.88 Å². The molecule has 1 aliphatic heterocycles. The lowest BCUT2D eigenvalue weighted by Crippen LogP contribution is -2.22. The summed E-state index contributed by atoms with van der Waals surface area (Å²) in [6.07, 6.45) is 1.72. The molecule has 0 aliphatic carbocycles. The van der Waals surface area contributed by atoms with Crippen molar-refractivity contribution in [1.82, 2.24) is 4.98 Å². The second-order valence-corrected chi connectivity index (χ2v) is 7.07. The number of H-pyrrole nitrogens is 1. The second kappa shape index (κ2) is 6.15. The normalized spacial score (nSPS) is 12.5. The molecule has 2 heterocycles. The highest BCUT2D eigenvalue weighted by Gasteiger charge is 2.09. The standard InChI is InChI=1S/C17H9Cl2N3O2S/c18-10-5-6-11-14(13(10)19)21-15(20-11)9-3-1-8(2-4-9)7-12-16(23)22-17(24)25-12/h1-7,23H,(H,22,24). The van der Waals surface area contributed by atoms with Crippen LogP contribution in [0.3, 0.4) is 0 Å². The molecule has 5 nitrogen and oxygen atoms in total. The molecule has 0 saturated carbocycles. The number of aromatic amines is 1. The molecule has 8 heteroatoms. The van der Waals surface area contributed by atoms with E-state index in [2.05, 4.69) is 15.0 Å². The summed E-state index contributed by atoms with van der Waals surface area (Å²) in [6, 6.07) is 10.9. The average Bonchev–Trinajstić information content (AvgIpc) is 3.16. The minimum Gasteiger partial charge on any atom is -0.493 e. The number of nitrogens with zero attached hydrogens (tertiary/aromatic N) is 2. The van der Waals surface area contributed by atoms with Gasteiger partial charge in [0.25, 0.3) is 0 Å². The van der Waals surface area contributed by atoms with E-state index in [1.165, 1.54) is 0 Å². The van der Waals surface area contributed by atoms with Crippen molar-refractivity contribution in [3.63, 3.8) is 0 Å². The van der Waals surface area contributed by atoms with Crippen molar-refractivity contribution >= 4 is 46.4 Å². The molecule has 0 atom stereocenters. The van der Waals surface area contributed by atoms with Crippen molar-refractivity contribution in [2.24, 2.45) is 9.98 Å². The molecule has 0 unspecified atom stereocenters. The monoisotopic (exact) mass is 389 g/mol. The maximum atomic E-state index is 11.2. The number of fused-ring (bicyclic) bond motifs is 1. The first kappa shape index (κ1) is 16.1. The third kappa shape index (κ3) is 3.00. The lowest BCUT2D eigenvalue weighted by Gasteiger charge is -1.92. The van der Waals surface area contributed by atoms with Gasteiger partial charge in [-0.25, -0.2) is 9.98 Å². The SMILES string of the molecule is O=c1[nH]c(O)c(C=c2ccc(=C3N=c4ccc(Cl)c(Cl)c4=N3)cc2)s1. The van der Waals surface area contributed by atoms with Gasteiger partial charge in [-0.2, -0.15) is 0 Å². The Kier molecular flexibility index (Phi) is 3.95. The molecule has 25 heavy (non-hydrogen) atoms. The highest BCUT2D eigenvalue weighted by Crippen LogP contribution is 2.17. The molecule has 0 bridgehead atoms. The predicted octanol–water partition coefficient (Wildman–Crippen LogP) is 1.30. The van der Waals surface area contributed by atoms with Gasteiger partial charge in [0, 0.05) is 5.22 Å². The number of halogens is 2. The molecule has 0 radical (unpaired) electrons. The van der Waals surface area contributed by atoms with Gasteiger partial charge in [0.1, 0.15) is 5.36 Å². The van der Waals surface area contributed by atoms with E-state index in [0.29, 0.717) is 31.5 Å². The Morgan fingerprint density at radius 3 is 2.52 bits per heavy atom. The topological polar surface area (TPSA) is 77.8 Å². The van der Waals surface area contributed by atoms with Crippen LogP contribution in [0.4, 0.5) is 0 Å². The molecule has 4 rings (SSSR count). The highest BCUT2D eigenvalue weighted by atomic mass is 35.5. The first-order chi connectivity index (χ1) is 12.0. The van der Waals surface area contributed by atoms with Gasteiger partial charge in [-0.1, -0.05) is 58.8 Å². The molecule has 1 aromatic heterocycles. The molecular weight excluding hydrogens is 381 g/mol. The molecule has 0 amide bonds. The summed E-state index contributed by atoms with van der Waals surface area (Å²) in [5, 5.41) is 13.4. The third-order valence-electron chi connectivity index (χ3n) is 3.61. The number of hydrogen-bond acceptors (Lipinski definition) is 5. The van der Waals surface area contributed by atoms with E-state index in [9.17, 15) is 9.90 Å². The van der Waals surface area contributed by atoms with E-state index in [-0.39, 0.29) is 10.8 Å². The van der Waals surface area contributed by atoms with Crippen molar-refractivity contribution in [3.05, 3.63) is 82.1 Å². The second-order valence-electron chi connectivity index (χ2n) is 5.27. The molecule has 1 aliphatic rings. The maximum Gasteiger partial charge on any atom is 0.307 e. The van der Waals surface area contributed by atoms with Gasteiger partial charge in [-0.3, -0.25) is 9.78 Å². The zero-order chi connectivity index (χ0) is 17.6. The molecular formula is C17H9Cl2N3O2S. The summed E-state index contributed by atoms with van der Waals surface area (Å²) in [5.41, 5.74) is 0. The Morgan fingerprint density at radius 2 is 1.84 bits per heavy atom. The van der Waals surface area contributed by atoms with Gasteiger partial charge in [-0.05, 0) is 23.4 Å². The Labute approximate surface area is 154 Å². The fourth-order valence-electron chi connectivity index (χ4n) is 2.41. The minimum absolute atomic E-state index is 0.129. The summed E-state index contributed by atoms with van der Waals surface area (Å²) in [4.78, 5) is 22.7. The lowest BCUT2D eigenvalue weighted by atomic mass is 10.2. The van der Waals surface area contributed by atoms with Crippen LogP contribution >= 0.6 is 34.5 Å². The number of hydrogen-bond donors (Lipinski definition) is 2. The summed E-state index contributed by atoms with van der Waals surface area (Å²) < 4.78 is 0. The first-order valence-corrected chi connectivity index (χ1v) is 8.74. The molecule has 0 saturated heterocycles. The van der Waals surface area contributed by atoms with E-state index < -0.39 is 0 Å². The number of benzene rings is 2. The van der Waals surface area contributed by atoms with Crippen molar-refractivity contribution in [1.29, 1.82) is 0 Å². The first-order valence-electron chi connectivity index (χ1n) is 7.17. The molecule has 0 fully saturated rings. The molecule has 3 aromatic rings. The minimum atomic E-state index is -0.298. The van der Waals surface area contributed by atoms with Gasteiger partial charge in [0.05, 0.1) is 20.3 Å². The fraction of sp³-hybridized carbons (Fsp3) is 0. The molecule has 2 aromatic carbocycles. The van der Waals surface area contributed by atoms with Crippen LogP contribution < -0.4 is 26.0 Å². The Morgan fingerprint density at radius 1 is 1.08 bits per heavy atom. The van der Waals surface area contributed by atoms with E-state index >= 15 is 0 Å². The third-order valence-corrected chi connectivity index (χ3v) is 5.23. The summed E-state index contributed by atoms with van der Waals surface area (Å²) in [5.74, 6) is 0.427. The van der Waals surface area contributed by atoms with E-state index in [0.717, 1.165) is 21.8 Å². The van der Waals surface area contributed by atoms with Gasteiger partial charge in [-0.15, -0.1) is 0 Å². The van der Waals surface area contributed by atoms with Crippen LogP contribution in [-0.4, -0.2) is 10.1 Å². The van der Waals surface area contributed by atoms with E-state index in [1.54, 1.807) is 18.2 Å². The number of rotatable bonds is 1. The van der Waals surface area contributed by atoms with Gasteiger partial charge < -0.3 is 5.11 Å². The van der Waals surface area contributed by atoms with Crippen LogP contribution in [0.25, 0.3) is 11.9 Å². The van der Waals surface area contributed by atoms with Crippen LogP contribution in [0, 0.1) is 0 Å². The fourth-order valence-corrected chi connectivity index (χ4v) is 3.45. The van der Waals surface area contributed by atoms with Gasteiger partial charge >= 0.3 is 4.87 Å². The largest absolute Gasteiger partial charge is 0.493 e. The van der Waals surface area contributed by atoms with Crippen LogP contribution in [0.5, 0.6) is 5.88 Å². The van der Waals surface area contributed by atoms with E-state index in [1.807, 2.05) is 24.3 Å². The van der Waals surface area contributed by atoms with Crippen LogP contribution in [0.15, 0.2) is 51.2 Å². The predicted molar refractivity (Wildman–Crippen MR) is 98.0 cm³/mol. The van der Waals surface area contributed by atoms with Crippen molar-refractivity contribution in [2.45, 2.75) is 0 Å². The molecule has 2 N–H and O–H groups in total. The van der Waals surface area contributed by atoms with Crippen molar-refractivity contribution in [2.75, 3.05) is 0 Å². The van der Waals surface area contributed by atoms with E-state index in [4.69, 9.17) is 23.2 Å². The zero-order valence-electron chi connectivity index (χ0n) is 12.5. The van der Waals surface area contributed by atoms with Crippen LogP contribution in [0.1, 0.15) is 4.88 Å². The lowest BCUT2D eigenvalue weighted by molar-refractivity contribution is 0.455. The van der Waals surface area contributed by atoms with Crippen LogP contribution in [0.2, 0.25) is 10.0 Å². The summed E-state index contributed by atoms with van der Waals surface area (Å²) >= 11 is 13.1. The number of aromatic nitrogens is 1. The maximum absolute atomic E-state index is 11.2. The smallest absolute Gasteiger partial charge is 0.307 e. The zero-order valence-corrected chi connectivity index (χ0v) is 14.8. The summed E-state index contributed by atoms with van der Waals surface area (Å²) in [7, 11) is 0. The number of thiazole rings is 1. The number of nitrogens with one attached hydrogen (secondary N) is 1. The average molecular weight is 390 g/mol. The number of aromatic hydroxyl groups is 1. The Balaban J connectivity index is 1.82. The van der Waals surface area contributed by atoms with Crippen LogP contribution in [-0.2, 0) is 0 Å². The molecule has 0 spiro atoms. The quantitative estimate of drug-likeness (QED) is 0.657. The highest BCUT2D eigenvalue weighted by molar-refractivity contribution is 7.10. The Bertz CT molecular complexity index is 1290. The molecule has 124 valence electrons. The van der Waals surface area contributed by atoms with Crippen molar-refractivity contribution < 1.29 is 5.11 Å². The van der Waals surface area contributed by atoms with Gasteiger partial charge in [0.15, 0.2) is 5.82 Å².